The molecule has 174 valence electrons. The number of rotatable bonds is 6. The fourth-order valence-corrected chi connectivity index (χ4v) is 15.4. The second-order valence-corrected chi connectivity index (χ2v) is 19.1. The van der Waals surface area contributed by atoms with Gasteiger partial charge >= 0.3 is 5.55 Å². The number of benzene rings is 3. The molecule has 0 saturated carbocycles. The summed E-state index contributed by atoms with van der Waals surface area (Å²) in [5.74, 6) is 0. The molecule has 0 bridgehead atoms. The van der Waals surface area contributed by atoms with E-state index in [0.29, 0.717) is 11.1 Å². The highest BCUT2D eigenvalue weighted by Gasteiger charge is 2.58. The van der Waals surface area contributed by atoms with E-state index in [2.05, 4.69) is 0 Å². The van der Waals surface area contributed by atoms with Crippen LogP contribution in [0.3, 0.4) is 0 Å². The zero-order chi connectivity index (χ0) is 24.8. The monoisotopic (exact) mass is 504 g/mol. The van der Waals surface area contributed by atoms with E-state index in [9.17, 15) is 26.2 Å². The van der Waals surface area contributed by atoms with E-state index in [1.165, 1.54) is 48.5 Å². The minimum atomic E-state index is -5.68. The molecule has 3 aromatic rings. The van der Waals surface area contributed by atoms with E-state index >= 15 is 0 Å². The minimum Gasteiger partial charge on any atom is -0.283 e. The van der Waals surface area contributed by atoms with Crippen molar-refractivity contribution < 1.29 is 26.2 Å². The van der Waals surface area contributed by atoms with E-state index in [4.69, 9.17) is 0 Å². The molecule has 0 aliphatic rings. The maximum absolute atomic E-state index is 14.4. The van der Waals surface area contributed by atoms with E-state index in [-0.39, 0.29) is 5.56 Å². The molecule has 0 spiro atoms. The second kappa shape index (κ2) is 8.67. The van der Waals surface area contributed by atoms with Crippen molar-refractivity contribution in [3.63, 3.8) is 0 Å². The molecule has 0 aliphatic heterocycles. The third kappa shape index (κ3) is 4.12. The fraction of sp³-hybridized carbons (Fsp3) is 0.208. The Balaban J connectivity index is 2.41. The molecular weight excluding hydrogens is 479 g/mol. The standard InChI is InChI=1S/C24H25O6PS2/c1-16-6-10-21(11-7-16)32(27,28)31(26,33(29,30)22-12-8-17(2)9-13-22)24(25)23-19(4)14-18(3)15-20(23)5/h6-15H,1-5H3. The third-order valence-electron chi connectivity index (χ3n) is 5.41. The van der Waals surface area contributed by atoms with Crippen molar-refractivity contribution >= 4 is 30.0 Å². The van der Waals surface area contributed by atoms with Gasteiger partial charge in [0.15, 0.2) is 0 Å². The maximum atomic E-state index is 14.4. The first-order valence-electron chi connectivity index (χ1n) is 10.1. The first kappa shape index (κ1) is 25.1. The summed E-state index contributed by atoms with van der Waals surface area (Å²) in [6.45, 7) is 8.37. The van der Waals surface area contributed by atoms with E-state index < -0.39 is 39.8 Å². The quantitative estimate of drug-likeness (QED) is 0.410. The summed E-state index contributed by atoms with van der Waals surface area (Å²) in [5.41, 5.74) is -4.27. The summed E-state index contributed by atoms with van der Waals surface area (Å²) in [4.78, 5) is 12.8. The van der Waals surface area contributed by atoms with Crippen molar-refractivity contribution in [2.75, 3.05) is 0 Å². The summed E-state index contributed by atoms with van der Waals surface area (Å²) < 4.78 is 69.2. The highest BCUT2D eigenvalue weighted by Crippen LogP contribution is 2.65. The van der Waals surface area contributed by atoms with Gasteiger partial charge in [-0.05, 0) is 70.0 Å². The average Bonchev–Trinajstić information content (AvgIpc) is 2.72. The molecule has 0 N–H and O–H groups in total. The number of hydrogen-bond donors (Lipinski definition) is 0. The zero-order valence-electron chi connectivity index (χ0n) is 19.0. The van der Waals surface area contributed by atoms with Gasteiger partial charge in [-0.15, -0.1) is 0 Å². The number of carbonyl (C=O) groups is 1. The van der Waals surface area contributed by atoms with Crippen LogP contribution in [0, 0.1) is 34.6 Å². The summed E-state index contributed by atoms with van der Waals surface area (Å²) in [6.07, 6.45) is 0. The molecule has 0 heterocycles. The highest BCUT2D eigenvalue weighted by molar-refractivity contribution is 8.89. The number of aryl methyl sites for hydroxylation is 5. The van der Waals surface area contributed by atoms with Gasteiger partial charge in [-0.1, -0.05) is 53.1 Å². The SMILES string of the molecule is Cc1ccc(S(=O)(=O)P(=O)(C(=O)c2c(C)cc(C)cc2C)S(=O)(=O)c2ccc(C)cc2)cc1. The lowest BCUT2D eigenvalue weighted by molar-refractivity contribution is 0.107. The summed E-state index contributed by atoms with van der Waals surface area (Å²) in [7, 11) is -10.2. The molecule has 9 heteroatoms. The molecule has 3 aromatic carbocycles. The number of hydrogen-bond acceptors (Lipinski definition) is 6. The van der Waals surface area contributed by atoms with Crippen molar-refractivity contribution in [1.29, 1.82) is 0 Å². The maximum Gasteiger partial charge on any atom is 0.378 e. The Morgan fingerprint density at radius 3 is 1.27 bits per heavy atom. The van der Waals surface area contributed by atoms with E-state index in [1.807, 2.05) is 0 Å². The van der Waals surface area contributed by atoms with Crippen LogP contribution >= 0.6 is 5.55 Å². The van der Waals surface area contributed by atoms with Gasteiger partial charge in [0.05, 0.1) is 9.79 Å². The van der Waals surface area contributed by atoms with Crippen molar-refractivity contribution in [2.45, 2.75) is 44.4 Å². The fourth-order valence-electron chi connectivity index (χ4n) is 3.70. The predicted molar refractivity (Wildman–Crippen MR) is 129 cm³/mol. The summed E-state index contributed by atoms with van der Waals surface area (Å²) >= 11 is 0. The Morgan fingerprint density at radius 2 is 0.939 bits per heavy atom. The summed E-state index contributed by atoms with van der Waals surface area (Å²) in [6, 6.07) is 13.8. The van der Waals surface area contributed by atoms with Crippen LogP contribution in [0.1, 0.15) is 38.2 Å². The zero-order valence-corrected chi connectivity index (χ0v) is 21.5. The molecule has 33 heavy (non-hydrogen) atoms. The van der Waals surface area contributed by atoms with Gasteiger partial charge in [0.25, 0.3) is 24.4 Å². The lowest BCUT2D eigenvalue weighted by atomic mass is 10.0. The number of carbonyl (C=O) groups excluding carboxylic acids is 1. The molecule has 0 unspecified atom stereocenters. The van der Waals surface area contributed by atoms with Crippen molar-refractivity contribution in [1.82, 2.24) is 0 Å². The van der Waals surface area contributed by atoms with Crippen LogP contribution in [-0.4, -0.2) is 22.4 Å². The summed E-state index contributed by atoms with van der Waals surface area (Å²) in [5, 5.41) is 0. The molecule has 0 fully saturated rings. The van der Waals surface area contributed by atoms with Gasteiger partial charge in [-0.3, -0.25) is 9.36 Å². The Bertz CT molecular complexity index is 1400. The van der Waals surface area contributed by atoms with Crippen LogP contribution in [0.15, 0.2) is 70.5 Å². The minimum absolute atomic E-state index is 0.157. The lowest BCUT2D eigenvalue weighted by Crippen LogP contribution is -2.20. The first-order valence-corrected chi connectivity index (χ1v) is 16.0. The first-order chi connectivity index (χ1) is 15.2. The molecular formula is C24H25O6PS2. The van der Waals surface area contributed by atoms with Gasteiger partial charge in [0.1, 0.15) is 0 Å². The largest absolute Gasteiger partial charge is 0.378 e. The van der Waals surface area contributed by atoms with Gasteiger partial charge in [0, 0.05) is 5.56 Å². The second-order valence-electron chi connectivity index (χ2n) is 8.15. The third-order valence-corrected chi connectivity index (χ3v) is 18.7. The van der Waals surface area contributed by atoms with Crippen LogP contribution < -0.4 is 0 Å². The highest BCUT2D eigenvalue weighted by atomic mass is 33.1. The molecule has 0 atom stereocenters. The van der Waals surface area contributed by atoms with Crippen LogP contribution in [0.5, 0.6) is 0 Å². The van der Waals surface area contributed by atoms with Crippen molar-refractivity contribution in [3.8, 4) is 0 Å². The average molecular weight is 505 g/mol. The molecule has 0 aromatic heterocycles. The smallest absolute Gasteiger partial charge is 0.283 e. The Morgan fingerprint density at radius 1 is 0.606 bits per heavy atom. The Hall–Kier alpha value is -2.54. The molecule has 0 aliphatic carbocycles. The van der Waals surface area contributed by atoms with Gasteiger partial charge in [0.2, 0.25) is 0 Å². The normalized spacial score (nSPS) is 12.5. The van der Waals surface area contributed by atoms with Crippen LogP contribution in [0.25, 0.3) is 0 Å². The Kier molecular flexibility index (Phi) is 6.59. The molecule has 0 radical (unpaired) electrons. The lowest BCUT2D eigenvalue weighted by Gasteiger charge is -2.20. The van der Waals surface area contributed by atoms with Gasteiger partial charge in [-0.25, -0.2) is 16.8 Å². The molecule has 6 nitrogen and oxygen atoms in total. The molecule has 0 saturated heterocycles. The molecule has 0 amide bonds. The molecule has 3 rings (SSSR count). The van der Waals surface area contributed by atoms with Crippen molar-refractivity contribution in [2.24, 2.45) is 0 Å². The van der Waals surface area contributed by atoms with Crippen LogP contribution in [-0.2, 0) is 23.5 Å². The Labute approximate surface area is 194 Å². The van der Waals surface area contributed by atoms with E-state index in [1.54, 1.807) is 46.8 Å². The van der Waals surface area contributed by atoms with Crippen LogP contribution in [0.4, 0.5) is 0 Å². The predicted octanol–water partition coefficient (Wildman–Crippen LogP) is 5.51. The van der Waals surface area contributed by atoms with Crippen molar-refractivity contribution in [3.05, 3.63) is 94.0 Å². The van der Waals surface area contributed by atoms with Gasteiger partial charge < -0.3 is 0 Å². The van der Waals surface area contributed by atoms with Gasteiger partial charge in [-0.2, -0.15) is 0 Å². The topological polar surface area (TPSA) is 102 Å². The van der Waals surface area contributed by atoms with E-state index in [0.717, 1.165) is 16.7 Å². The van der Waals surface area contributed by atoms with Crippen LogP contribution in [0.2, 0.25) is 0 Å².